The summed E-state index contributed by atoms with van der Waals surface area (Å²) in [7, 11) is -3.80. The fourth-order valence-electron chi connectivity index (χ4n) is 1.61. The van der Waals surface area contributed by atoms with Crippen LogP contribution < -0.4 is 15.6 Å². The molecule has 0 saturated carbocycles. The van der Waals surface area contributed by atoms with Gasteiger partial charge < -0.3 is 10.5 Å². The quantitative estimate of drug-likeness (QED) is 0.585. The monoisotopic (exact) mass is 272 g/mol. The number of rotatable bonds is 7. The summed E-state index contributed by atoms with van der Waals surface area (Å²) < 4.78 is 28.0. The first kappa shape index (κ1) is 14.8. The maximum Gasteiger partial charge on any atom is 0.240 e. The fourth-order valence-corrected chi connectivity index (χ4v) is 2.28. The van der Waals surface area contributed by atoms with E-state index in [-0.39, 0.29) is 10.6 Å². The molecule has 0 aromatic heterocycles. The number of unbranched alkanes of at least 4 members (excludes halogenated alkanes) is 3. The van der Waals surface area contributed by atoms with Gasteiger partial charge in [0.05, 0.1) is 12.3 Å². The molecule has 0 heterocycles. The molecule has 18 heavy (non-hydrogen) atoms. The Morgan fingerprint density at radius 1 is 1.22 bits per heavy atom. The molecule has 5 nitrogen and oxygen atoms in total. The molecule has 102 valence electrons. The van der Waals surface area contributed by atoms with Gasteiger partial charge in [-0.1, -0.05) is 32.3 Å². The van der Waals surface area contributed by atoms with Gasteiger partial charge in [-0.15, -0.1) is 0 Å². The maximum absolute atomic E-state index is 11.3. The van der Waals surface area contributed by atoms with Crippen molar-refractivity contribution in [2.24, 2.45) is 5.14 Å². The number of nitrogen functional groups attached to an aromatic ring is 1. The molecule has 0 saturated heterocycles. The van der Waals surface area contributed by atoms with Gasteiger partial charge in [0.2, 0.25) is 10.0 Å². The van der Waals surface area contributed by atoms with E-state index >= 15 is 0 Å². The largest absolute Gasteiger partial charge is 0.491 e. The Hall–Kier alpha value is -1.27. The van der Waals surface area contributed by atoms with Crippen molar-refractivity contribution in [2.45, 2.75) is 37.5 Å². The van der Waals surface area contributed by atoms with E-state index in [1.165, 1.54) is 6.07 Å². The van der Waals surface area contributed by atoms with Crippen LogP contribution in [0, 0.1) is 0 Å². The molecule has 6 heteroatoms. The summed E-state index contributed by atoms with van der Waals surface area (Å²) in [6.07, 6.45) is 4.33. The summed E-state index contributed by atoms with van der Waals surface area (Å²) in [6.45, 7) is 2.66. The average Bonchev–Trinajstić information content (AvgIpc) is 2.29. The molecule has 1 aromatic rings. The number of para-hydroxylation sites is 1. The van der Waals surface area contributed by atoms with Gasteiger partial charge in [0.25, 0.3) is 0 Å². The molecule has 4 N–H and O–H groups in total. The van der Waals surface area contributed by atoms with E-state index in [9.17, 15) is 8.42 Å². The van der Waals surface area contributed by atoms with Gasteiger partial charge >= 0.3 is 0 Å². The van der Waals surface area contributed by atoms with Gasteiger partial charge in [-0.2, -0.15) is 0 Å². The zero-order valence-electron chi connectivity index (χ0n) is 10.6. The van der Waals surface area contributed by atoms with E-state index in [1.807, 2.05) is 0 Å². The van der Waals surface area contributed by atoms with E-state index in [0.717, 1.165) is 25.7 Å². The highest BCUT2D eigenvalue weighted by atomic mass is 32.2. The highest BCUT2D eigenvalue weighted by molar-refractivity contribution is 7.89. The summed E-state index contributed by atoms with van der Waals surface area (Å²) in [5.41, 5.74) is 5.81. The number of nitrogens with two attached hydrogens (primary N) is 2. The smallest absolute Gasteiger partial charge is 0.240 e. The normalized spacial score (nSPS) is 11.4. The summed E-state index contributed by atoms with van der Waals surface area (Å²) >= 11 is 0. The third kappa shape index (κ3) is 4.19. The second kappa shape index (κ2) is 6.61. The average molecular weight is 272 g/mol. The second-order valence-electron chi connectivity index (χ2n) is 4.12. The molecule has 0 atom stereocenters. The van der Waals surface area contributed by atoms with Crippen molar-refractivity contribution in [3.63, 3.8) is 0 Å². The van der Waals surface area contributed by atoms with Crippen molar-refractivity contribution in [2.75, 3.05) is 12.3 Å². The second-order valence-corrected chi connectivity index (χ2v) is 5.65. The standard InChI is InChI=1S/C12H20N2O3S/c1-2-3-4-5-9-17-10-7-6-8-11(12(10)13)18(14,15)16/h6-8H,2-5,9,13H2,1H3,(H2,14,15,16). The third-order valence-corrected chi connectivity index (χ3v) is 3.56. The minimum atomic E-state index is -3.80. The first-order valence-corrected chi connectivity index (χ1v) is 7.55. The maximum atomic E-state index is 11.3. The summed E-state index contributed by atoms with van der Waals surface area (Å²) in [4.78, 5) is -0.0893. The molecule has 0 aliphatic heterocycles. The molecule has 0 spiro atoms. The van der Waals surface area contributed by atoms with Crippen LogP contribution in [0.25, 0.3) is 0 Å². The summed E-state index contributed by atoms with van der Waals surface area (Å²) in [5.74, 6) is 0.373. The van der Waals surface area contributed by atoms with Gasteiger partial charge in [-0.3, -0.25) is 0 Å². The van der Waals surface area contributed by atoms with Gasteiger partial charge in [0, 0.05) is 0 Å². The Morgan fingerprint density at radius 3 is 2.56 bits per heavy atom. The molecule has 1 aromatic carbocycles. The van der Waals surface area contributed by atoms with Gasteiger partial charge in [0.1, 0.15) is 10.6 Å². The van der Waals surface area contributed by atoms with E-state index in [4.69, 9.17) is 15.6 Å². The molecule has 1 rings (SSSR count). The van der Waals surface area contributed by atoms with Gasteiger partial charge in [-0.05, 0) is 18.6 Å². The molecule has 0 radical (unpaired) electrons. The third-order valence-electron chi connectivity index (χ3n) is 2.59. The predicted octanol–water partition coefficient (Wildman–Crippen LogP) is 1.88. The van der Waals surface area contributed by atoms with Crippen LogP contribution in [-0.4, -0.2) is 15.0 Å². The number of anilines is 1. The molecule has 0 aliphatic carbocycles. The van der Waals surface area contributed by atoms with Gasteiger partial charge in [0.15, 0.2) is 0 Å². The molecule has 0 bridgehead atoms. The SMILES string of the molecule is CCCCCCOc1cccc(S(N)(=O)=O)c1N. The van der Waals surface area contributed by atoms with E-state index < -0.39 is 10.0 Å². The Labute approximate surface area is 108 Å². The first-order valence-electron chi connectivity index (χ1n) is 6.01. The summed E-state index contributed by atoms with van der Waals surface area (Å²) in [5, 5.41) is 5.06. The topological polar surface area (TPSA) is 95.4 Å². The number of benzene rings is 1. The molecule has 0 unspecified atom stereocenters. The van der Waals surface area contributed by atoms with Crippen LogP contribution in [0.3, 0.4) is 0 Å². The van der Waals surface area contributed by atoms with Crippen molar-refractivity contribution < 1.29 is 13.2 Å². The minimum absolute atomic E-state index is 0.0792. The highest BCUT2D eigenvalue weighted by Crippen LogP contribution is 2.27. The molecule has 0 aliphatic rings. The first-order chi connectivity index (χ1) is 8.46. The number of primary sulfonamides is 1. The number of hydrogen-bond acceptors (Lipinski definition) is 4. The lowest BCUT2D eigenvalue weighted by molar-refractivity contribution is 0.306. The highest BCUT2D eigenvalue weighted by Gasteiger charge is 2.15. The van der Waals surface area contributed by atoms with Gasteiger partial charge in [-0.25, -0.2) is 13.6 Å². The van der Waals surface area contributed by atoms with Crippen LogP contribution in [-0.2, 0) is 10.0 Å². The van der Waals surface area contributed by atoms with Crippen molar-refractivity contribution in [1.82, 2.24) is 0 Å². The van der Waals surface area contributed by atoms with Crippen LogP contribution in [0.5, 0.6) is 5.75 Å². The number of sulfonamides is 1. The van der Waals surface area contributed by atoms with Crippen LogP contribution in [0.15, 0.2) is 23.1 Å². The molecular formula is C12H20N2O3S. The van der Waals surface area contributed by atoms with Crippen LogP contribution in [0.2, 0.25) is 0 Å². The zero-order valence-corrected chi connectivity index (χ0v) is 11.4. The van der Waals surface area contributed by atoms with Crippen LogP contribution in [0.4, 0.5) is 5.69 Å². The van der Waals surface area contributed by atoms with Crippen molar-refractivity contribution in [3.8, 4) is 5.75 Å². The Bertz CT molecular complexity index is 486. The minimum Gasteiger partial charge on any atom is -0.491 e. The fraction of sp³-hybridized carbons (Fsp3) is 0.500. The molecule has 0 amide bonds. The molecule has 0 fully saturated rings. The lowest BCUT2D eigenvalue weighted by Gasteiger charge is -2.11. The Morgan fingerprint density at radius 2 is 1.94 bits per heavy atom. The zero-order chi connectivity index (χ0) is 13.6. The van der Waals surface area contributed by atoms with Crippen LogP contribution >= 0.6 is 0 Å². The number of hydrogen-bond donors (Lipinski definition) is 2. The van der Waals surface area contributed by atoms with E-state index in [1.54, 1.807) is 12.1 Å². The van der Waals surface area contributed by atoms with E-state index in [0.29, 0.717) is 12.4 Å². The van der Waals surface area contributed by atoms with Crippen molar-refractivity contribution >= 4 is 15.7 Å². The Balaban J connectivity index is 2.67. The summed E-state index contributed by atoms with van der Waals surface area (Å²) in [6, 6.07) is 4.58. The lowest BCUT2D eigenvalue weighted by Crippen LogP contribution is -2.15. The van der Waals surface area contributed by atoms with Crippen molar-refractivity contribution in [1.29, 1.82) is 0 Å². The van der Waals surface area contributed by atoms with Crippen molar-refractivity contribution in [3.05, 3.63) is 18.2 Å². The lowest BCUT2D eigenvalue weighted by atomic mass is 10.2. The molecular weight excluding hydrogens is 252 g/mol. The van der Waals surface area contributed by atoms with Crippen LogP contribution in [0.1, 0.15) is 32.6 Å². The predicted molar refractivity (Wildman–Crippen MR) is 71.9 cm³/mol. The Kier molecular flexibility index (Phi) is 5.43. The van der Waals surface area contributed by atoms with E-state index in [2.05, 4.69) is 6.92 Å². The number of ether oxygens (including phenoxy) is 1.